The van der Waals surface area contributed by atoms with Crippen molar-refractivity contribution in [2.24, 2.45) is 4.99 Å². The first-order valence-electron chi connectivity index (χ1n) is 6.98. The van der Waals surface area contributed by atoms with Gasteiger partial charge in [-0.15, -0.1) is 0 Å². The van der Waals surface area contributed by atoms with Gasteiger partial charge < -0.3 is 15.1 Å². The molecule has 20 heavy (non-hydrogen) atoms. The molecule has 1 aromatic heterocycles. The summed E-state index contributed by atoms with van der Waals surface area (Å²) in [5.74, 6) is 2.32. The van der Waals surface area contributed by atoms with Crippen molar-refractivity contribution >= 4 is 5.96 Å². The fourth-order valence-corrected chi connectivity index (χ4v) is 1.56. The van der Waals surface area contributed by atoms with E-state index in [2.05, 4.69) is 47.5 Å². The Bertz CT molecular complexity index is 455. The molecule has 5 nitrogen and oxygen atoms in total. The Labute approximate surface area is 121 Å². The Hall–Kier alpha value is -1.78. The van der Waals surface area contributed by atoms with Crippen molar-refractivity contribution < 1.29 is 4.42 Å². The third kappa shape index (κ3) is 5.47. The number of aromatic nitrogens is 1. The molecule has 1 aromatic rings. The van der Waals surface area contributed by atoms with Gasteiger partial charge in [-0.1, -0.05) is 32.9 Å². The number of aliphatic imine (C=N–C) groups is 1. The van der Waals surface area contributed by atoms with Crippen LogP contribution in [0.15, 0.2) is 27.8 Å². The van der Waals surface area contributed by atoms with Crippen LogP contribution in [0.1, 0.15) is 45.8 Å². The minimum Gasteiger partial charge on any atom is -0.443 e. The van der Waals surface area contributed by atoms with Gasteiger partial charge in [-0.3, -0.25) is 4.99 Å². The highest BCUT2D eigenvalue weighted by Crippen LogP contribution is 2.22. The first-order chi connectivity index (χ1) is 9.47. The van der Waals surface area contributed by atoms with E-state index in [1.165, 1.54) is 0 Å². The van der Waals surface area contributed by atoms with Gasteiger partial charge in [0.1, 0.15) is 5.76 Å². The van der Waals surface area contributed by atoms with Gasteiger partial charge in [0.2, 0.25) is 5.89 Å². The molecule has 2 N–H and O–H groups in total. The zero-order valence-electron chi connectivity index (χ0n) is 13.2. The van der Waals surface area contributed by atoms with Gasteiger partial charge in [0.15, 0.2) is 5.96 Å². The van der Waals surface area contributed by atoms with E-state index in [4.69, 9.17) is 4.42 Å². The van der Waals surface area contributed by atoms with Crippen molar-refractivity contribution in [1.82, 2.24) is 15.6 Å². The molecule has 5 heteroatoms. The lowest BCUT2D eigenvalue weighted by molar-refractivity contribution is 0.379. The molecular weight excluding hydrogens is 252 g/mol. The topological polar surface area (TPSA) is 62.5 Å². The van der Waals surface area contributed by atoms with Crippen LogP contribution >= 0.6 is 0 Å². The maximum atomic E-state index is 5.72. The fourth-order valence-electron chi connectivity index (χ4n) is 1.56. The fraction of sp³-hybridized carbons (Fsp3) is 0.600. The normalized spacial score (nSPS) is 12.9. The number of allylic oxidation sites excluding steroid dienone is 1. The minimum atomic E-state index is -0.0162. The van der Waals surface area contributed by atoms with Gasteiger partial charge >= 0.3 is 0 Å². The monoisotopic (exact) mass is 278 g/mol. The zero-order valence-corrected chi connectivity index (χ0v) is 13.2. The Kier molecular flexibility index (Phi) is 6.28. The number of guanidine groups is 1. The second kappa shape index (κ2) is 7.72. The second-order valence-electron chi connectivity index (χ2n) is 5.58. The molecule has 1 rings (SSSR count). The molecule has 0 saturated carbocycles. The maximum absolute atomic E-state index is 5.72. The molecule has 0 spiro atoms. The molecule has 112 valence electrons. The molecule has 0 aliphatic heterocycles. The van der Waals surface area contributed by atoms with Crippen LogP contribution in [0.5, 0.6) is 0 Å². The standard InChI is InChI=1S/C15H26N4O/c1-6-7-8-9-17-14(16-5)19-11-13-18-10-12(20-13)15(2,3)4/h6-7,10H,8-9,11H2,1-5H3,(H2,16,17,19)/b7-6+. The molecule has 0 aromatic carbocycles. The lowest BCUT2D eigenvalue weighted by atomic mass is 9.94. The summed E-state index contributed by atoms with van der Waals surface area (Å²) in [6.45, 7) is 9.70. The quantitative estimate of drug-likeness (QED) is 0.376. The largest absolute Gasteiger partial charge is 0.443 e. The van der Waals surface area contributed by atoms with Crippen molar-refractivity contribution in [2.75, 3.05) is 13.6 Å². The van der Waals surface area contributed by atoms with Crippen LogP contribution in [0.4, 0.5) is 0 Å². The second-order valence-corrected chi connectivity index (χ2v) is 5.58. The number of hydrogen-bond acceptors (Lipinski definition) is 3. The molecule has 0 radical (unpaired) electrons. The predicted molar refractivity (Wildman–Crippen MR) is 82.8 cm³/mol. The van der Waals surface area contributed by atoms with Crippen molar-refractivity contribution in [2.45, 2.75) is 46.1 Å². The number of hydrogen-bond donors (Lipinski definition) is 2. The smallest absolute Gasteiger partial charge is 0.213 e. The van der Waals surface area contributed by atoms with Gasteiger partial charge in [0, 0.05) is 19.0 Å². The van der Waals surface area contributed by atoms with Gasteiger partial charge in [-0.25, -0.2) is 4.98 Å². The van der Waals surface area contributed by atoms with E-state index >= 15 is 0 Å². The average molecular weight is 278 g/mol. The third-order valence-corrected chi connectivity index (χ3v) is 2.76. The van der Waals surface area contributed by atoms with Crippen molar-refractivity contribution in [1.29, 1.82) is 0 Å². The Morgan fingerprint density at radius 3 is 2.70 bits per heavy atom. The summed E-state index contributed by atoms with van der Waals surface area (Å²) in [5.41, 5.74) is -0.0162. The molecule has 0 atom stereocenters. The van der Waals surface area contributed by atoms with Crippen LogP contribution in [-0.4, -0.2) is 24.5 Å². The third-order valence-electron chi connectivity index (χ3n) is 2.76. The van der Waals surface area contributed by atoms with Crippen molar-refractivity contribution in [3.8, 4) is 0 Å². The molecule has 0 aliphatic rings. The molecule has 0 fully saturated rings. The summed E-state index contributed by atoms with van der Waals surface area (Å²) in [6, 6.07) is 0. The number of nitrogens with zero attached hydrogens (tertiary/aromatic N) is 2. The lowest BCUT2D eigenvalue weighted by Crippen LogP contribution is -2.37. The van der Waals surface area contributed by atoms with Crippen LogP contribution < -0.4 is 10.6 Å². The molecule has 0 bridgehead atoms. The highest BCUT2D eigenvalue weighted by Gasteiger charge is 2.19. The Balaban J connectivity index is 2.43. The van der Waals surface area contributed by atoms with E-state index in [-0.39, 0.29) is 5.41 Å². The van der Waals surface area contributed by atoms with Gasteiger partial charge in [-0.2, -0.15) is 0 Å². The summed E-state index contributed by atoms with van der Waals surface area (Å²) >= 11 is 0. The minimum absolute atomic E-state index is 0.0162. The maximum Gasteiger partial charge on any atom is 0.213 e. The molecule has 0 aliphatic carbocycles. The van der Waals surface area contributed by atoms with Crippen LogP contribution in [0.3, 0.4) is 0 Å². The number of oxazole rings is 1. The molecule has 0 unspecified atom stereocenters. The Morgan fingerprint density at radius 2 is 2.15 bits per heavy atom. The van der Waals surface area contributed by atoms with Crippen LogP contribution in [0, 0.1) is 0 Å². The highest BCUT2D eigenvalue weighted by molar-refractivity contribution is 5.79. The SMILES string of the molecule is C/C=C/CCNC(=NC)NCc1ncc(C(C)(C)C)o1. The molecule has 0 amide bonds. The van der Waals surface area contributed by atoms with E-state index in [9.17, 15) is 0 Å². The summed E-state index contributed by atoms with van der Waals surface area (Å²) in [5, 5.41) is 6.42. The number of rotatable bonds is 5. The first kappa shape index (κ1) is 16.3. The van der Waals surface area contributed by atoms with Gasteiger partial charge in [-0.05, 0) is 13.3 Å². The van der Waals surface area contributed by atoms with Crippen LogP contribution in [0.2, 0.25) is 0 Å². The lowest BCUT2D eigenvalue weighted by Gasteiger charge is -2.13. The molecule has 1 heterocycles. The van der Waals surface area contributed by atoms with Gasteiger partial charge in [0.25, 0.3) is 0 Å². The van der Waals surface area contributed by atoms with E-state index < -0.39 is 0 Å². The molecular formula is C15H26N4O. The summed E-state index contributed by atoms with van der Waals surface area (Å²) in [7, 11) is 1.75. The van der Waals surface area contributed by atoms with E-state index in [0.717, 1.165) is 24.7 Å². The summed E-state index contributed by atoms with van der Waals surface area (Å²) in [4.78, 5) is 8.43. The van der Waals surface area contributed by atoms with E-state index in [1.807, 2.05) is 13.0 Å². The van der Waals surface area contributed by atoms with E-state index in [0.29, 0.717) is 12.4 Å². The summed E-state index contributed by atoms with van der Waals surface area (Å²) < 4.78 is 5.72. The van der Waals surface area contributed by atoms with Gasteiger partial charge in [0.05, 0.1) is 12.7 Å². The first-order valence-corrected chi connectivity index (χ1v) is 6.98. The highest BCUT2D eigenvalue weighted by atomic mass is 16.4. The van der Waals surface area contributed by atoms with Crippen LogP contribution in [0.25, 0.3) is 0 Å². The predicted octanol–water partition coefficient (Wildman–Crippen LogP) is 2.60. The number of nitrogens with one attached hydrogen (secondary N) is 2. The van der Waals surface area contributed by atoms with E-state index in [1.54, 1.807) is 13.2 Å². The summed E-state index contributed by atoms with van der Waals surface area (Å²) in [6.07, 6.45) is 6.92. The van der Waals surface area contributed by atoms with Crippen LogP contribution in [-0.2, 0) is 12.0 Å². The van der Waals surface area contributed by atoms with Crippen molar-refractivity contribution in [3.63, 3.8) is 0 Å². The molecule has 0 saturated heterocycles. The zero-order chi connectivity index (χ0) is 15.0. The van der Waals surface area contributed by atoms with Crippen molar-refractivity contribution in [3.05, 3.63) is 30.0 Å². The average Bonchev–Trinajstić information content (AvgIpc) is 2.87. The Morgan fingerprint density at radius 1 is 1.40 bits per heavy atom.